The summed E-state index contributed by atoms with van der Waals surface area (Å²) in [6.45, 7) is 15.0. The second kappa shape index (κ2) is 14.9. The van der Waals surface area contributed by atoms with Gasteiger partial charge in [0.05, 0.1) is 0 Å². The van der Waals surface area contributed by atoms with Crippen molar-refractivity contribution in [1.29, 1.82) is 0 Å². The topological polar surface area (TPSA) is 6.48 Å². The molecular weight excluding hydrogens is 685 g/mol. The molecule has 6 aromatic carbocycles. The summed E-state index contributed by atoms with van der Waals surface area (Å²) in [5, 5.41) is 0. The van der Waals surface area contributed by atoms with Gasteiger partial charge in [0.2, 0.25) is 0 Å². The van der Waals surface area contributed by atoms with Crippen molar-refractivity contribution in [1.82, 2.24) is 0 Å². The lowest BCUT2D eigenvalue weighted by Gasteiger charge is -2.29. The Labute approximate surface area is 330 Å². The maximum Gasteiger partial charge on any atom is 0.0465 e. The van der Waals surface area contributed by atoms with Gasteiger partial charge in [-0.25, -0.2) is 0 Å². The van der Waals surface area contributed by atoms with Crippen molar-refractivity contribution < 1.29 is 0 Å². The van der Waals surface area contributed by atoms with Crippen molar-refractivity contribution in [2.24, 2.45) is 0 Å². The van der Waals surface area contributed by atoms with Crippen LogP contribution in [0.5, 0.6) is 0 Å². The molecule has 270 valence electrons. The minimum Gasteiger partial charge on any atom is -0.310 e. The largest absolute Gasteiger partial charge is 0.310 e. The number of hydrogen-bond donors (Lipinski definition) is 0. The summed E-state index contributed by atoms with van der Waals surface area (Å²) >= 11 is 1.84. The fourth-order valence-electron chi connectivity index (χ4n) is 7.70. The van der Waals surface area contributed by atoms with E-state index in [0.717, 1.165) is 39.7 Å². The predicted octanol–water partition coefficient (Wildman–Crippen LogP) is 15.5. The fraction of sp³-hybridized carbons (Fsp3) is 0.115. The molecule has 0 amide bonds. The van der Waals surface area contributed by atoms with E-state index in [-0.39, 0.29) is 5.41 Å². The Morgan fingerprint density at radius 1 is 0.545 bits per heavy atom. The SMILES string of the molecule is C=C/C(C)=C\C=C(/C)c1ccc(N(c2ccccc2)c2ccc3c(c2)C(C)(C)c2cc(N(c4ccccc4)c4ccc(-c5ccc(C)s5)cc4)ccc2-3)cc1. The number of rotatable bonds is 10. The highest BCUT2D eigenvalue weighted by Crippen LogP contribution is 2.52. The minimum atomic E-state index is -0.217. The monoisotopic (exact) mass is 730 g/mol. The van der Waals surface area contributed by atoms with Crippen LogP contribution in [0.25, 0.3) is 27.1 Å². The van der Waals surface area contributed by atoms with Crippen LogP contribution in [0.2, 0.25) is 0 Å². The first-order valence-electron chi connectivity index (χ1n) is 19.0. The third-order valence-electron chi connectivity index (χ3n) is 10.8. The molecule has 0 fully saturated rings. The van der Waals surface area contributed by atoms with Crippen LogP contribution in [0.15, 0.2) is 188 Å². The number of thiophene rings is 1. The second-order valence-electron chi connectivity index (χ2n) is 14.9. The van der Waals surface area contributed by atoms with E-state index in [2.05, 4.69) is 221 Å². The number of aryl methyl sites for hydroxylation is 1. The molecule has 0 atom stereocenters. The Kier molecular flexibility index (Phi) is 9.73. The molecule has 8 rings (SSSR count). The van der Waals surface area contributed by atoms with Gasteiger partial charge in [0.15, 0.2) is 0 Å². The quantitative estimate of drug-likeness (QED) is 0.129. The van der Waals surface area contributed by atoms with Crippen molar-refractivity contribution in [2.75, 3.05) is 9.80 Å². The lowest BCUT2D eigenvalue weighted by molar-refractivity contribution is 0.660. The molecule has 1 aromatic heterocycles. The number of nitrogens with zero attached hydrogens (tertiary/aromatic N) is 2. The van der Waals surface area contributed by atoms with E-state index in [1.54, 1.807) is 0 Å². The number of fused-ring (bicyclic) bond motifs is 3. The highest BCUT2D eigenvalue weighted by molar-refractivity contribution is 7.15. The summed E-state index contributed by atoms with van der Waals surface area (Å²) in [4.78, 5) is 7.37. The van der Waals surface area contributed by atoms with Gasteiger partial charge in [-0.15, -0.1) is 11.3 Å². The number of hydrogen-bond acceptors (Lipinski definition) is 3. The Balaban J connectivity index is 1.16. The summed E-state index contributed by atoms with van der Waals surface area (Å²) < 4.78 is 0. The maximum absolute atomic E-state index is 3.88. The molecule has 7 aromatic rings. The van der Waals surface area contributed by atoms with Gasteiger partial charge in [0.25, 0.3) is 0 Å². The normalized spacial score (nSPS) is 13.3. The second-order valence-corrected chi connectivity index (χ2v) is 16.2. The van der Waals surface area contributed by atoms with Crippen LogP contribution in [0.4, 0.5) is 34.1 Å². The van der Waals surface area contributed by atoms with Crippen LogP contribution in [0, 0.1) is 6.92 Å². The molecule has 1 heterocycles. The van der Waals surface area contributed by atoms with Crippen LogP contribution in [-0.4, -0.2) is 0 Å². The van der Waals surface area contributed by atoms with Crippen molar-refractivity contribution in [2.45, 2.75) is 40.0 Å². The van der Waals surface area contributed by atoms with Gasteiger partial charge in [-0.05, 0) is 145 Å². The van der Waals surface area contributed by atoms with E-state index < -0.39 is 0 Å². The standard InChI is InChI=1S/C52H46N2S/c1-7-36(2)18-19-37(3)39-21-25-43(26-22-39)53(41-14-10-8-11-15-41)45-29-31-47-48-32-30-46(35-50(48)52(5,6)49(47)34-45)54(42-16-12-9-13-17-42)44-27-23-40(24-28-44)51-33-20-38(4)55-51/h7-35H,1H2,2-6H3/b36-18-,37-19+. The number of anilines is 6. The predicted molar refractivity (Wildman–Crippen MR) is 239 cm³/mol. The Bertz CT molecular complexity index is 2540. The van der Waals surface area contributed by atoms with Crippen molar-refractivity contribution in [3.8, 4) is 21.6 Å². The van der Waals surface area contributed by atoms with Crippen molar-refractivity contribution >= 4 is 51.0 Å². The van der Waals surface area contributed by atoms with Gasteiger partial charge in [0, 0.05) is 49.3 Å². The van der Waals surface area contributed by atoms with E-state index in [4.69, 9.17) is 0 Å². The zero-order valence-corrected chi connectivity index (χ0v) is 33.1. The van der Waals surface area contributed by atoms with Crippen LogP contribution in [0.3, 0.4) is 0 Å². The molecule has 0 unspecified atom stereocenters. The average molecular weight is 731 g/mol. The van der Waals surface area contributed by atoms with Gasteiger partial charge in [-0.1, -0.05) is 117 Å². The summed E-state index contributed by atoms with van der Waals surface area (Å²) in [7, 11) is 0. The Hall–Kier alpha value is -6.16. The molecule has 0 bridgehead atoms. The Morgan fingerprint density at radius 2 is 1.02 bits per heavy atom. The number of benzene rings is 6. The van der Waals surface area contributed by atoms with Crippen LogP contribution < -0.4 is 9.80 Å². The molecule has 55 heavy (non-hydrogen) atoms. The summed E-state index contributed by atoms with van der Waals surface area (Å²) in [5.74, 6) is 0. The lowest BCUT2D eigenvalue weighted by Crippen LogP contribution is -2.17. The molecule has 2 nitrogen and oxygen atoms in total. The highest BCUT2D eigenvalue weighted by atomic mass is 32.1. The molecule has 0 aliphatic heterocycles. The van der Waals surface area contributed by atoms with Gasteiger partial charge >= 0.3 is 0 Å². The first-order chi connectivity index (χ1) is 26.7. The Morgan fingerprint density at radius 3 is 1.49 bits per heavy atom. The lowest BCUT2D eigenvalue weighted by atomic mass is 9.82. The summed E-state index contributed by atoms with van der Waals surface area (Å²) in [6, 6.07) is 57.7. The van der Waals surface area contributed by atoms with Crippen LogP contribution >= 0.6 is 11.3 Å². The first-order valence-corrected chi connectivity index (χ1v) is 19.8. The van der Waals surface area contributed by atoms with Gasteiger partial charge in [0.1, 0.15) is 0 Å². The molecule has 0 N–H and O–H groups in total. The molecule has 1 aliphatic rings. The van der Waals surface area contributed by atoms with E-state index in [1.807, 2.05) is 17.4 Å². The smallest absolute Gasteiger partial charge is 0.0465 e. The van der Waals surface area contributed by atoms with E-state index in [9.17, 15) is 0 Å². The number of allylic oxidation sites excluding steroid dienone is 5. The zero-order chi connectivity index (χ0) is 38.1. The third-order valence-corrected chi connectivity index (χ3v) is 11.9. The highest BCUT2D eigenvalue weighted by Gasteiger charge is 2.37. The summed E-state index contributed by atoms with van der Waals surface area (Å²) in [5.41, 5.74) is 16.7. The van der Waals surface area contributed by atoms with Crippen molar-refractivity contribution in [3.63, 3.8) is 0 Å². The molecule has 3 heteroatoms. The zero-order valence-electron chi connectivity index (χ0n) is 32.3. The van der Waals surface area contributed by atoms with Gasteiger partial charge in [-0.2, -0.15) is 0 Å². The third kappa shape index (κ3) is 7.00. The van der Waals surface area contributed by atoms with Gasteiger partial charge < -0.3 is 9.80 Å². The molecular formula is C52H46N2S. The molecule has 0 spiro atoms. The van der Waals surface area contributed by atoms with Crippen molar-refractivity contribution in [3.05, 3.63) is 210 Å². The molecule has 0 radical (unpaired) electrons. The van der Waals surface area contributed by atoms with E-state index >= 15 is 0 Å². The maximum atomic E-state index is 3.88. The molecule has 0 saturated heterocycles. The fourth-order valence-corrected chi connectivity index (χ4v) is 8.57. The molecule has 0 saturated carbocycles. The molecule has 1 aliphatic carbocycles. The first kappa shape index (κ1) is 35.8. The summed E-state index contributed by atoms with van der Waals surface area (Å²) in [6.07, 6.45) is 6.16. The minimum absolute atomic E-state index is 0.217. The van der Waals surface area contributed by atoms with E-state index in [1.165, 1.54) is 48.7 Å². The van der Waals surface area contributed by atoms with Gasteiger partial charge in [-0.3, -0.25) is 0 Å². The van der Waals surface area contributed by atoms with Crippen LogP contribution in [0.1, 0.15) is 49.3 Å². The average Bonchev–Trinajstić information content (AvgIpc) is 3.76. The van der Waals surface area contributed by atoms with E-state index in [0.29, 0.717) is 0 Å². The van der Waals surface area contributed by atoms with Crippen LogP contribution in [-0.2, 0) is 5.41 Å². The number of para-hydroxylation sites is 2.